The second kappa shape index (κ2) is 10.1. The highest BCUT2D eigenvalue weighted by Crippen LogP contribution is 2.24. The molecule has 1 aromatic heterocycles. The Morgan fingerprint density at radius 1 is 1.32 bits per heavy atom. The number of thiophene rings is 1. The Balaban J connectivity index is 0.00000312. The van der Waals surface area contributed by atoms with E-state index in [2.05, 4.69) is 15.6 Å². The van der Waals surface area contributed by atoms with E-state index < -0.39 is 5.60 Å². The van der Waals surface area contributed by atoms with Crippen LogP contribution in [0.1, 0.15) is 29.9 Å². The number of aliphatic hydroxyl groups is 1. The summed E-state index contributed by atoms with van der Waals surface area (Å²) >= 11 is 1.52. The van der Waals surface area contributed by atoms with Gasteiger partial charge in [-0.05, 0) is 49.4 Å². The number of rotatable bonds is 6. The summed E-state index contributed by atoms with van der Waals surface area (Å²) in [5.74, 6) is 0.372. The lowest BCUT2D eigenvalue weighted by Crippen LogP contribution is -2.44. The number of guanidine groups is 1. The monoisotopic (exact) mass is 477 g/mol. The predicted molar refractivity (Wildman–Crippen MR) is 113 cm³/mol. The molecule has 1 heterocycles. The maximum atomic E-state index is 13.6. The Hall–Kier alpha value is -1.19. The van der Waals surface area contributed by atoms with Crippen molar-refractivity contribution in [1.82, 2.24) is 10.6 Å². The van der Waals surface area contributed by atoms with Crippen molar-refractivity contribution in [3.63, 3.8) is 0 Å². The molecule has 3 N–H and O–H groups in total. The smallest absolute Gasteiger partial charge is 0.191 e. The van der Waals surface area contributed by atoms with Crippen molar-refractivity contribution in [2.45, 2.75) is 32.9 Å². The van der Waals surface area contributed by atoms with E-state index in [1.807, 2.05) is 30.5 Å². The van der Waals surface area contributed by atoms with Crippen molar-refractivity contribution in [3.8, 4) is 0 Å². The number of aliphatic imine (C=N–C) groups is 1. The molecule has 2 aromatic rings. The Labute approximate surface area is 169 Å². The highest BCUT2D eigenvalue weighted by molar-refractivity contribution is 14.0. The van der Waals surface area contributed by atoms with Crippen molar-refractivity contribution in [2.24, 2.45) is 4.99 Å². The fourth-order valence-corrected chi connectivity index (χ4v) is 2.96. The van der Waals surface area contributed by atoms with Crippen LogP contribution < -0.4 is 10.6 Å². The van der Waals surface area contributed by atoms with Gasteiger partial charge in [-0.15, -0.1) is 35.3 Å². The number of nitrogens with zero attached hydrogens (tertiary/aromatic N) is 1. The maximum Gasteiger partial charge on any atom is 0.191 e. The van der Waals surface area contributed by atoms with Gasteiger partial charge >= 0.3 is 0 Å². The van der Waals surface area contributed by atoms with Crippen molar-refractivity contribution in [2.75, 3.05) is 13.1 Å². The molecule has 0 saturated carbocycles. The topological polar surface area (TPSA) is 56.7 Å². The molecular weight excluding hydrogens is 452 g/mol. The summed E-state index contributed by atoms with van der Waals surface area (Å²) in [6.07, 6.45) is 0. The molecular formula is C18H25FIN3OS. The molecule has 0 amide bonds. The van der Waals surface area contributed by atoms with Crippen LogP contribution in [0.25, 0.3) is 0 Å². The molecule has 0 saturated heterocycles. The predicted octanol–water partition coefficient (Wildman–Crippen LogP) is 3.78. The molecule has 0 aliphatic carbocycles. The van der Waals surface area contributed by atoms with Crippen LogP contribution in [0.5, 0.6) is 0 Å². The molecule has 0 radical (unpaired) electrons. The van der Waals surface area contributed by atoms with Crippen LogP contribution in [0.4, 0.5) is 4.39 Å². The fraction of sp³-hybridized carbons (Fsp3) is 0.389. The third-order valence-electron chi connectivity index (χ3n) is 3.65. The number of aryl methyl sites for hydroxylation is 1. The lowest BCUT2D eigenvalue weighted by Gasteiger charge is -2.23. The summed E-state index contributed by atoms with van der Waals surface area (Å²) in [6.45, 7) is 6.89. The minimum Gasteiger partial charge on any atom is -0.383 e. The highest BCUT2D eigenvalue weighted by Gasteiger charge is 2.24. The second-order valence-corrected chi connectivity index (χ2v) is 6.83. The Kier molecular flexibility index (Phi) is 8.81. The molecule has 0 aliphatic rings. The van der Waals surface area contributed by atoms with Crippen LogP contribution in [-0.2, 0) is 12.1 Å². The number of hydrogen-bond donors (Lipinski definition) is 3. The number of halogens is 2. The number of hydrogen-bond acceptors (Lipinski definition) is 3. The minimum atomic E-state index is -0.972. The molecule has 7 heteroatoms. The summed E-state index contributed by atoms with van der Waals surface area (Å²) in [6, 6.07) is 8.95. The maximum absolute atomic E-state index is 13.6. The molecule has 1 aromatic carbocycles. The molecule has 2 rings (SSSR count). The third kappa shape index (κ3) is 6.56. The summed E-state index contributed by atoms with van der Waals surface area (Å²) < 4.78 is 13.6. The zero-order valence-corrected chi connectivity index (χ0v) is 17.8. The number of nitrogens with one attached hydrogen (secondary N) is 2. The van der Waals surface area contributed by atoms with Gasteiger partial charge in [0.25, 0.3) is 0 Å². The standard InChI is InChI=1S/C18H24FN3OS.HI/c1-4-20-17(21-11-14-8-7-13(2)15(19)10-14)22-12-18(3,23)16-6-5-9-24-16;/h5-10,23H,4,11-12H2,1-3H3,(H2,20,21,22);1H. The first-order valence-corrected chi connectivity index (χ1v) is 8.84. The number of benzene rings is 1. The molecule has 0 bridgehead atoms. The molecule has 0 spiro atoms. The van der Waals surface area contributed by atoms with Crippen LogP contribution in [0.15, 0.2) is 40.7 Å². The van der Waals surface area contributed by atoms with E-state index in [1.165, 1.54) is 17.4 Å². The van der Waals surface area contributed by atoms with Gasteiger partial charge in [-0.2, -0.15) is 0 Å². The van der Waals surface area contributed by atoms with Crippen LogP contribution in [0.3, 0.4) is 0 Å². The first-order valence-electron chi connectivity index (χ1n) is 7.96. The average Bonchev–Trinajstić information content (AvgIpc) is 3.09. The molecule has 4 nitrogen and oxygen atoms in total. The SMILES string of the molecule is CCNC(=NCc1ccc(C)c(F)c1)NCC(C)(O)c1cccs1.I. The molecule has 1 unspecified atom stereocenters. The van der Waals surface area contributed by atoms with E-state index in [-0.39, 0.29) is 29.8 Å². The van der Waals surface area contributed by atoms with E-state index in [0.29, 0.717) is 31.2 Å². The Morgan fingerprint density at radius 3 is 2.68 bits per heavy atom. The highest BCUT2D eigenvalue weighted by atomic mass is 127. The van der Waals surface area contributed by atoms with Crippen molar-refractivity contribution in [1.29, 1.82) is 0 Å². The van der Waals surface area contributed by atoms with E-state index in [1.54, 1.807) is 19.9 Å². The van der Waals surface area contributed by atoms with Gasteiger partial charge in [0.05, 0.1) is 13.1 Å². The first-order chi connectivity index (χ1) is 11.4. The summed E-state index contributed by atoms with van der Waals surface area (Å²) in [5.41, 5.74) is 0.459. The van der Waals surface area contributed by atoms with E-state index >= 15 is 0 Å². The third-order valence-corrected chi connectivity index (χ3v) is 4.78. The fourth-order valence-electron chi connectivity index (χ4n) is 2.17. The van der Waals surface area contributed by atoms with Crippen molar-refractivity contribution in [3.05, 3.63) is 57.5 Å². The summed E-state index contributed by atoms with van der Waals surface area (Å²) in [5, 5.41) is 18.8. The normalized spacial score (nSPS) is 13.7. The average molecular weight is 477 g/mol. The minimum absolute atomic E-state index is 0. The largest absolute Gasteiger partial charge is 0.383 e. The lowest BCUT2D eigenvalue weighted by atomic mass is 10.1. The molecule has 25 heavy (non-hydrogen) atoms. The first kappa shape index (κ1) is 21.9. The van der Waals surface area contributed by atoms with Gasteiger partial charge in [0.1, 0.15) is 11.4 Å². The van der Waals surface area contributed by atoms with E-state index in [9.17, 15) is 9.50 Å². The van der Waals surface area contributed by atoms with Crippen LogP contribution in [-0.4, -0.2) is 24.2 Å². The molecule has 0 fully saturated rings. The van der Waals surface area contributed by atoms with Crippen LogP contribution in [0.2, 0.25) is 0 Å². The van der Waals surface area contributed by atoms with Crippen LogP contribution in [0, 0.1) is 12.7 Å². The molecule has 138 valence electrons. The Morgan fingerprint density at radius 2 is 2.08 bits per heavy atom. The van der Waals surface area contributed by atoms with Gasteiger partial charge in [-0.1, -0.05) is 18.2 Å². The van der Waals surface area contributed by atoms with Gasteiger partial charge in [0.2, 0.25) is 0 Å². The van der Waals surface area contributed by atoms with Crippen LogP contribution >= 0.6 is 35.3 Å². The van der Waals surface area contributed by atoms with Gasteiger partial charge in [0, 0.05) is 11.4 Å². The Bertz CT molecular complexity index is 690. The van der Waals surface area contributed by atoms with E-state index in [0.717, 1.165) is 10.4 Å². The molecule has 1 atom stereocenters. The van der Waals surface area contributed by atoms with Crippen molar-refractivity contribution >= 4 is 41.3 Å². The summed E-state index contributed by atoms with van der Waals surface area (Å²) in [7, 11) is 0. The lowest BCUT2D eigenvalue weighted by molar-refractivity contribution is 0.0655. The van der Waals surface area contributed by atoms with Gasteiger partial charge < -0.3 is 15.7 Å². The van der Waals surface area contributed by atoms with Gasteiger partial charge in [-0.25, -0.2) is 9.38 Å². The van der Waals surface area contributed by atoms with Gasteiger partial charge in [0.15, 0.2) is 5.96 Å². The zero-order chi connectivity index (χ0) is 17.6. The molecule has 0 aliphatic heterocycles. The van der Waals surface area contributed by atoms with Crippen molar-refractivity contribution < 1.29 is 9.50 Å². The zero-order valence-electron chi connectivity index (χ0n) is 14.7. The quantitative estimate of drug-likeness (QED) is 0.337. The second-order valence-electron chi connectivity index (χ2n) is 5.88. The summed E-state index contributed by atoms with van der Waals surface area (Å²) in [4.78, 5) is 5.35. The van der Waals surface area contributed by atoms with Gasteiger partial charge in [-0.3, -0.25) is 0 Å². The van der Waals surface area contributed by atoms with E-state index in [4.69, 9.17) is 0 Å².